The maximum absolute atomic E-state index is 14.2. The van der Waals surface area contributed by atoms with E-state index in [9.17, 15) is 8.78 Å². The number of likely N-dealkylation sites (tertiary alicyclic amines) is 1. The highest BCUT2D eigenvalue weighted by molar-refractivity contribution is 5.80. The van der Waals surface area contributed by atoms with E-state index in [2.05, 4.69) is 32.2 Å². The highest BCUT2D eigenvalue weighted by Crippen LogP contribution is 2.40. The van der Waals surface area contributed by atoms with Crippen molar-refractivity contribution in [2.75, 3.05) is 32.0 Å². The molecule has 0 spiro atoms. The summed E-state index contributed by atoms with van der Waals surface area (Å²) in [6, 6.07) is 2.62. The first-order valence-corrected chi connectivity index (χ1v) is 11.7. The first-order chi connectivity index (χ1) is 15.6. The monoisotopic (exact) mass is 440 g/mol. The minimum absolute atomic E-state index is 0.00988. The smallest absolute Gasteiger partial charge is 0.222 e. The molecule has 0 bridgehead atoms. The second-order valence-electron chi connectivity index (χ2n) is 9.28. The molecule has 3 heterocycles. The third-order valence-electron chi connectivity index (χ3n) is 7.02. The number of aromatic nitrogens is 4. The van der Waals surface area contributed by atoms with Gasteiger partial charge in [0.25, 0.3) is 0 Å². The Morgan fingerprint density at radius 2 is 1.94 bits per heavy atom. The van der Waals surface area contributed by atoms with Gasteiger partial charge < -0.3 is 15.2 Å². The molecule has 3 aromatic rings. The lowest BCUT2D eigenvalue weighted by Crippen LogP contribution is -2.30. The van der Waals surface area contributed by atoms with E-state index >= 15 is 0 Å². The van der Waals surface area contributed by atoms with Gasteiger partial charge in [0, 0.05) is 18.7 Å². The summed E-state index contributed by atoms with van der Waals surface area (Å²) in [6.45, 7) is 3.25. The summed E-state index contributed by atoms with van der Waals surface area (Å²) >= 11 is 0. The van der Waals surface area contributed by atoms with Gasteiger partial charge in [0.2, 0.25) is 5.95 Å². The number of nitrogens with zero attached hydrogens (tertiary/aromatic N) is 4. The van der Waals surface area contributed by atoms with Crippen LogP contribution in [-0.2, 0) is 0 Å². The number of H-pyrrole nitrogens is 1. The molecule has 8 heteroatoms. The van der Waals surface area contributed by atoms with E-state index in [1.807, 2.05) is 0 Å². The van der Waals surface area contributed by atoms with Crippen molar-refractivity contribution in [3.05, 3.63) is 35.7 Å². The molecule has 170 valence electrons. The topological polar surface area (TPSA) is 69.7 Å². The number of rotatable bonds is 7. The first kappa shape index (κ1) is 21.2. The van der Waals surface area contributed by atoms with Crippen LogP contribution < -0.4 is 5.32 Å². The molecule has 0 radical (unpaired) electrons. The maximum Gasteiger partial charge on any atom is 0.222 e. The standard InChI is InChI=1S/C24H30F2N6/c1-32-12-9-15(10-13-32)4-3-11-27-24-28-14-17(21(31-24)16-5-2-6-16)23-29-19-8-7-18(25)20(26)22(19)30-23/h7-8,14-16H,2-6,9-13H2,1H3,(H,29,30)(H,27,28,31). The van der Waals surface area contributed by atoms with Crippen molar-refractivity contribution >= 4 is 17.0 Å². The van der Waals surface area contributed by atoms with Crippen LogP contribution in [-0.4, -0.2) is 51.5 Å². The number of nitrogens with one attached hydrogen (secondary N) is 2. The zero-order valence-electron chi connectivity index (χ0n) is 18.5. The van der Waals surface area contributed by atoms with Gasteiger partial charge in [-0.05, 0) is 76.7 Å². The van der Waals surface area contributed by atoms with Gasteiger partial charge in [0.05, 0.1) is 16.8 Å². The van der Waals surface area contributed by atoms with E-state index < -0.39 is 11.6 Å². The molecule has 1 aliphatic carbocycles. The van der Waals surface area contributed by atoms with Gasteiger partial charge in [0.1, 0.15) is 11.3 Å². The number of piperidine rings is 1. The van der Waals surface area contributed by atoms with Crippen LogP contribution in [0.15, 0.2) is 18.3 Å². The van der Waals surface area contributed by atoms with Crippen LogP contribution in [0.4, 0.5) is 14.7 Å². The Kier molecular flexibility index (Phi) is 6.04. The van der Waals surface area contributed by atoms with Crippen molar-refractivity contribution in [1.82, 2.24) is 24.8 Å². The Hall–Kier alpha value is -2.61. The Morgan fingerprint density at radius 3 is 2.69 bits per heavy atom. The second-order valence-corrected chi connectivity index (χ2v) is 9.28. The van der Waals surface area contributed by atoms with Gasteiger partial charge >= 0.3 is 0 Å². The van der Waals surface area contributed by atoms with Crippen LogP contribution in [0.2, 0.25) is 0 Å². The van der Waals surface area contributed by atoms with E-state index in [0.717, 1.165) is 49.0 Å². The molecule has 2 fully saturated rings. The highest BCUT2D eigenvalue weighted by Gasteiger charge is 2.27. The molecule has 0 atom stereocenters. The maximum atomic E-state index is 14.2. The van der Waals surface area contributed by atoms with Crippen molar-refractivity contribution in [3.8, 4) is 11.4 Å². The van der Waals surface area contributed by atoms with Crippen molar-refractivity contribution < 1.29 is 8.78 Å². The summed E-state index contributed by atoms with van der Waals surface area (Å²) in [5.74, 6) is 0.458. The molecule has 2 aliphatic rings. The molecule has 32 heavy (non-hydrogen) atoms. The zero-order chi connectivity index (χ0) is 22.1. The number of aromatic amines is 1. The molecule has 1 aliphatic heterocycles. The fraction of sp³-hybridized carbons (Fsp3) is 0.542. The SMILES string of the molecule is CN1CCC(CCCNc2ncc(-c3nc4c(F)c(F)ccc4[nH]3)c(C3CCC3)n2)CC1. The van der Waals surface area contributed by atoms with Crippen LogP contribution in [0, 0.1) is 17.6 Å². The Labute approximate surface area is 186 Å². The van der Waals surface area contributed by atoms with Crippen LogP contribution in [0.5, 0.6) is 0 Å². The lowest BCUT2D eigenvalue weighted by molar-refractivity contribution is 0.211. The quantitative estimate of drug-likeness (QED) is 0.500. The van der Waals surface area contributed by atoms with Crippen molar-refractivity contribution in [2.45, 2.75) is 50.9 Å². The molecule has 1 saturated carbocycles. The summed E-state index contributed by atoms with van der Waals surface area (Å²) in [5, 5.41) is 3.39. The van der Waals surface area contributed by atoms with Crippen LogP contribution in [0.1, 0.15) is 56.6 Å². The minimum atomic E-state index is -0.931. The molecule has 1 saturated heterocycles. The molecule has 0 unspecified atom stereocenters. The van der Waals surface area contributed by atoms with Gasteiger partial charge in [-0.1, -0.05) is 6.42 Å². The Balaban J connectivity index is 1.30. The largest absolute Gasteiger partial charge is 0.354 e. The van der Waals surface area contributed by atoms with Crippen molar-refractivity contribution in [1.29, 1.82) is 0 Å². The normalized spacial score (nSPS) is 18.2. The number of hydrogen-bond acceptors (Lipinski definition) is 5. The van der Waals surface area contributed by atoms with E-state index in [4.69, 9.17) is 4.98 Å². The zero-order valence-corrected chi connectivity index (χ0v) is 18.5. The molecule has 1 aromatic carbocycles. The average molecular weight is 441 g/mol. The number of anilines is 1. The van der Waals surface area contributed by atoms with Crippen LogP contribution >= 0.6 is 0 Å². The lowest BCUT2D eigenvalue weighted by Gasteiger charge is -2.29. The number of hydrogen-bond donors (Lipinski definition) is 2. The number of benzene rings is 1. The molecule has 2 N–H and O–H groups in total. The molecular weight excluding hydrogens is 410 g/mol. The van der Waals surface area contributed by atoms with Crippen LogP contribution in [0.25, 0.3) is 22.4 Å². The van der Waals surface area contributed by atoms with E-state index in [0.29, 0.717) is 23.2 Å². The predicted molar refractivity (Wildman–Crippen MR) is 122 cm³/mol. The highest BCUT2D eigenvalue weighted by atomic mass is 19.2. The molecule has 5 rings (SSSR count). The number of halogens is 2. The molecule has 0 amide bonds. The van der Waals surface area contributed by atoms with E-state index in [-0.39, 0.29) is 5.52 Å². The average Bonchev–Trinajstić information content (AvgIpc) is 3.19. The summed E-state index contributed by atoms with van der Waals surface area (Å²) < 4.78 is 27.8. The Bertz CT molecular complexity index is 1090. The fourth-order valence-corrected chi connectivity index (χ4v) is 4.74. The predicted octanol–water partition coefficient (Wildman–Crippen LogP) is 5.10. The van der Waals surface area contributed by atoms with Gasteiger partial charge in [-0.25, -0.2) is 23.7 Å². The van der Waals surface area contributed by atoms with Gasteiger partial charge in [0.15, 0.2) is 11.6 Å². The van der Waals surface area contributed by atoms with Crippen molar-refractivity contribution in [3.63, 3.8) is 0 Å². The summed E-state index contributed by atoms with van der Waals surface area (Å²) in [7, 11) is 2.19. The third-order valence-corrected chi connectivity index (χ3v) is 7.02. The lowest BCUT2D eigenvalue weighted by atomic mass is 9.81. The number of fused-ring (bicyclic) bond motifs is 1. The van der Waals surface area contributed by atoms with Gasteiger partial charge in [-0.15, -0.1) is 0 Å². The van der Waals surface area contributed by atoms with Crippen LogP contribution in [0.3, 0.4) is 0 Å². The summed E-state index contributed by atoms with van der Waals surface area (Å²) in [4.78, 5) is 19.2. The van der Waals surface area contributed by atoms with E-state index in [1.54, 1.807) is 6.20 Å². The summed E-state index contributed by atoms with van der Waals surface area (Å²) in [6.07, 6.45) is 9.98. The first-order valence-electron chi connectivity index (χ1n) is 11.7. The molecule has 6 nitrogen and oxygen atoms in total. The third kappa shape index (κ3) is 4.33. The summed E-state index contributed by atoms with van der Waals surface area (Å²) in [5.41, 5.74) is 2.18. The molecule has 2 aromatic heterocycles. The van der Waals surface area contributed by atoms with Gasteiger partial charge in [-0.3, -0.25) is 0 Å². The minimum Gasteiger partial charge on any atom is -0.354 e. The van der Waals surface area contributed by atoms with Crippen molar-refractivity contribution in [2.24, 2.45) is 5.92 Å². The number of imidazole rings is 1. The molecular formula is C24H30F2N6. The fourth-order valence-electron chi connectivity index (χ4n) is 4.74. The van der Waals surface area contributed by atoms with Gasteiger partial charge in [-0.2, -0.15) is 0 Å². The van der Waals surface area contributed by atoms with E-state index in [1.165, 1.54) is 44.8 Å². The second kappa shape index (κ2) is 9.10. The Morgan fingerprint density at radius 1 is 1.12 bits per heavy atom.